The van der Waals surface area contributed by atoms with Gasteiger partial charge in [-0.2, -0.15) is 0 Å². The highest BCUT2D eigenvalue weighted by Crippen LogP contribution is 2.24. The minimum atomic E-state index is -0.519. The van der Waals surface area contributed by atoms with Gasteiger partial charge in [0.15, 0.2) is 0 Å². The second kappa shape index (κ2) is 8.36. The molecule has 0 amide bonds. The number of rotatable bonds is 7. The van der Waals surface area contributed by atoms with E-state index in [1.807, 2.05) is 18.2 Å². The van der Waals surface area contributed by atoms with Crippen molar-refractivity contribution in [3.63, 3.8) is 0 Å². The molecule has 0 bridgehead atoms. The van der Waals surface area contributed by atoms with Gasteiger partial charge in [0, 0.05) is 0 Å². The lowest BCUT2D eigenvalue weighted by molar-refractivity contribution is -0.313. The zero-order valence-electron chi connectivity index (χ0n) is 12.0. The van der Waals surface area contributed by atoms with Crippen molar-refractivity contribution >= 4 is 23.2 Å². The minimum Gasteiger partial charge on any atom is -0.489 e. The van der Waals surface area contributed by atoms with Gasteiger partial charge < -0.3 is 9.84 Å². The number of aliphatic hydroxyl groups is 1. The van der Waals surface area contributed by atoms with E-state index in [2.05, 4.69) is 4.89 Å². The molecule has 1 N–H and O–H groups in total. The Labute approximate surface area is 139 Å². The first-order valence-corrected chi connectivity index (χ1v) is 7.36. The van der Waals surface area contributed by atoms with E-state index in [9.17, 15) is 5.11 Å². The molecule has 2 aromatic carbocycles. The molecule has 0 aliphatic heterocycles. The molecule has 0 aliphatic rings. The molecule has 2 aromatic rings. The summed E-state index contributed by atoms with van der Waals surface area (Å²) in [7, 11) is 1.40. The molecule has 4 nitrogen and oxygen atoms in total. The third kappa shape index (κ3) is 4.60. The Kier molecular flexibility index (Phi) is 6.49. The van der Waals surface area contributed by atoms with Gasteiger partial charge in [0.05, 0.1) is 23.8 Å². The van der Waals surface area contributed by atoms with Gasteiger partial charge in [-0.05, 0) is 35.4 Å². The molecule has 6 heteroatoms. The Morgan fingerprint density at radius 2 is 1.77 bits per heavy atom. The number of benzene rings is 2. The van der Waals surface area contributed by atoms with Crippen LogP contribution < -0.4 is 4.74 Å². The van der Waals surface area contributed by atoms with Crippen LogP contribution in [0.4, 0.5) is 0 Å². The summed E-state index contributed by atoms with van der Waals surface area (Å²) in [5.41, 5.74) is 1.72. The van der Waals surface area contributed by atoms with Crippen molar-refractivity contribution in [3.8, 4) is 5.75 Å². The van der Waals surface area contributed by atoms with Crippen molar-refractivity contribution in [2.24, 2.45) is 0 Å². The maximum absolute atomic E-state index is 9.22. The molecule has 1 atom stereocenters. The van der Waals surface area contributed by atoms with Crippen molar-refractivity contribution in [1.29, 1.82) is 0 Å². The van der Waals surface area contributed by atoms with Gasteiger partial charge in [-0.15, -0.1) is 0 Å². The van der Waals surface area contributed by atoms with Crippen LogP contribution in [0.3, 0.4) is 0 Å². The maximum Gasteiger partial charge on any atom is 0.141 e. The molecular weight excluding hydrogens is 327 g/mol. The van der Waals surface area contributed by atoms with Crippen LogP contribution in [0, 0.1) is 0 Å². The average Bonchev–Trinajstić information content (AvgIpc) is 2.54. The molecule has 0 spiro atoms. The van der Waals surface area contributed by atoms with E-state index in [0.717, 1.165) is 11.1 Å². The van der Waals surface area contributed by atoms with Crippen LogP contribution in [0.2, 0.25) is 10.0 Å². The van der Waals surface area contributed by atoms with Crippen molar-refractivity contribution in [3.05, 3.63) is 63.6 Å². The molecule has 22 heavy (non-hydrogen) atoms. The van der Waals surface area contributed by atoms with Crippen LogP contribution in [0.15, 0.2) is 42.5 Å². The molecule has 118 valence electrons. The lowest BCUT2D eigenvalue weighted by Gasteiger charge is -2.13. The van der Waals surface area contributed by atoms with Crippen molar-refractivity contribution < 1.29 is 19.6 Å². The first kappa shape index (κ1) is 17.1. The maximum atomic E-state index is 9.22. The highest BCUT2D eigenvalue weighted by atomic mass is 35.5. The molecule has 2 rings (SSSR count). The van der Waals surface area contributed by atoms with Crippen LogP contribution in [0.5, 0.6) is 5.75 Å². The minimum absolute atomic E-state index is 0.169. The first-order chi connectivity index (χ1) is 10.6. The fourth-order valence-electron chi connectivity index (χ4n) is 1.88. The second-order valence-electron chi connectivity index (χ2n) is 4.54. The van der Waals surface area contributed by atoms with Gasteiger partial charge in [0.25, 0.3) is 0 Å². The summed E-state index contributed by atoms with van der Waals surface area (Å²) in [6.07, 6.45) is -0.519. The molecule has 0 aliphatic carbocycles. The summed E-state index contributed by atoms with van der Waals surface area (Å²) in [5.74, 6) is 0.698. The predicted molar refractivity (Wildman–Crippen MR) is 85.2 cm³/mol. The van der Waals surface area contributed by atoms with E-state index in [0.29, 0.717) is 22.4 Å². The molecular formula is C16H16Cl2O4. The molecule has 0 saturated heterocycles. The Hall–Kier alpha value is -1.30. The van der Waals surface area contributed by atoms with E-state index in [4.69, 9.17) is 32.8 Å². The summed E-state index contributed by atoms with van der Waals surface area (Å²) >= 11 is 11.8. The number of hydrogen-bond acceptors (Lipinski definition) is 4. The summed E-state index contributed by atoms with van der Waals surface area (Å²) in [6, 6.07) is 12.6. The predicted octanol–water partition coefficient (Wildman–Crippen LogP) is 4.18. The highest BCUT2D eigenvalue weighted by molar-refractivity contribution is 6.42. The SMILES string of the molecule is COO[C@H](CO)c1ccc(OCc2ccc(Cl)c(Cl)c2)cc1. The largest absolute Gasteiger partial charge is 0.489 e. The monoisotopic (exact) mass is 342 g/mol. The van der Waals surface area contributed by atoms with Crippen LogP contribution >= 0.6 is 23.2 Å². The zero-order chi connectivity index (χ0) is 15.9. The van der Waals surface area contributed by atoms with E-state index < -0.39 is 6.10 Å². The standard InChI is InChI=1S/C16H16Cl2O4/c1-20-22-16(9-19)12-3-5-13(6-4-12)21-10-11-2-7-14(17)15(18)8-11/h2-8,16,19H,9-10H2,1H3/t16-/m1/s1. The second-order valence-corrected chi connectivity index (χ2v) is 5.35. The van der Waals surface area contributed by atoms with E-state index in [-0.39, 0.29) is 6.61 Å². The zero-order valence-corrected chi connectivity index (χ0v) is 13.5. The Morgan fingerprint density at radius 3 is 2.36 bits per heavy atom. The Balaban J connectivity index is 1.97. The quantitative estimate of drug-likeness (QED) is 0.605. The Morgan fingerprint density at radius 1 is 1.05 bits per heavy atom. The highest BCUT2D eigenvalue weighted by Gasteiger charge is 2.11. The van der Waals surface area contributed by atoms with Crippen LogP contribution in [0.25, 0.3) is 0 Å². The normalized spacial score (nSPS) is 12.2. The molecule has 0 heterocycles. The van der Waals surface area contributed by atoms with Crippen LogP contribution in [-0.4, -0.2) is 18.8 Å². The summed E-state index contributed by atoms with van der Waals surface area (Å²) in [4.78, 5) is 9.54. The lowest BCUT2D eigenvalue weighted by atomic mass is 10.1. The average molecular weight is 343 g/mol. The van der Waals surface area contributed by atoms with Crippen molar-refractivity contribution in [2.45, 2.75) is 12.7 Å². The van der Waals surface area contributed by atoms with E-state index in [1.54, 1.807) is 24.3 Å². The van der Waals surface area contributed by atoms with Gasteiger partial charge in [-0.3, -0.25) is 0 Å². The van der Waals surface area contributed by atoms with Crippen LogP contribution in [-0.2, 0) is 16.4 Å². The third-order valence-corrected chi connectivity index (χ3v) is 3.76. The number of halogens is 2. The van der Waals surface area contributed by atoms with Gasteiger partial charge in [0.2, 0.25) is 0 Å². The summed E-state index contributed by atoms with van der Waals surface area (Å²) in [5, 5.41) is 10.2. The van der Waals surface area contributed by atoms with Crippen LogP contribution in [0.1, 0.15) is 17.2 Å². The fraction of sp³-hybridized carbons (Fsp3) is 0.250. The van der Waals surface area contributed by atoms with Gasteiger partial charge in [-0.1, -0.05) is 41.4 Å². The summed E-state index contributed by atoms with van der Waals surface area (Å²) < 4.78 is 5.68. The lowest BCUT2D eigenvalue weighted by Crippen LogP contribution is -2.08. The van der Waals surface area contributed by atoms with E-state index in [1.165, 1.54) is 7.11 Å². The third-order valence-electron chi connectivity index (χ3n) is 3.02. The van der Waals surface area contributed by atoms with Crippen molar-refractivity contribution in [2.75, 3.05) is 13.7 Å². The number of ether oxygens (including phenoxy) is 1. The summed E-state index contributed by atoms with van der Waals surface area (Å²) in [6.45, 7) is 0.214. The fourth-order valence-corrected chi connectivity index (χ4v) is 2.20. The number of hydrogen-bond donors (Lipinski definition) is 1. The molecule has 0 aromatic heterocycles. The molecule has 0 radical (unpaired) electrons. The molecule has 0 saturated carbocycles. The smallest absolute Gasteiger partial charge is 0.141 e. The van der Waals surface area contributed by atoms with Gasteiger partial charge in [-0.25, -0.2) is 9.78 Å². The Bertz CT molecular complexity index is 602. The van der Waals surface area contributed by atoms with Gasteiger partial charge in [0.1, 0.15) is 18.5 Å². The van der Waals surface area contributed by atoms with Crippen molar-refractivity contribution in [1.82, 2.24) is 0 Å². The first-order valence-electron chi connectivity index (χ1n) is 6.61. The molecule has 0 unspecified atom stereocenters. The van der Waals surface area contributed by atoms with E-state index >= 15 is 0 Å². The van der Waals surface area contributed by atoms with Gasteiger partial charge >= 0.3 is 0 Å². The molecule has 0 fully saturated rings. The topological polar surface area (TPSA) is 47.9 Å². The number of aliphatic hydroxyl groups excluding tert-OH is 1.